The lowest BCUT2D eigenvalue weighted by atomic mass is 10.2. The Morgan fingerprint density at radius 2 is 1.89 bits per heavy atom. The Labute approximate surface area is 121 Å². The highest BCUT2D eigenvalue weighted by molar-refractivity contribution is 9.10. The van der Waals surface area contributed by atoms with Gasteiger partial charge in [0.1, 0.15) is 18.2 Å². The molecule has 2 nitrogen and oxygen atoms in total. The zero-order chi connectivity index (χ0) is 13.1. The molecule has 2 rings (SSSR count). The van der Waals surface area contributed by atoms with Crippen molar-refractivity contribution < 1.29 is 9.13 Å². The maximum Gasteiger partial charge on any atom is 0.137 e. The SMILES string of the molecule is Nc1cccc(Br)c1COc1ccc(F)c(Br)c1. The van der Waals surface area contributed by atoms with Gasteiger partial charge in [-0.1, -0.05) is 22.0 Å². The fourth-order valence-electron chi connectivity index (χ4n) is 1.45. The molecule has 0 fully saturated rings. The largest absolute Gasteiger partial charge is 0.489 e. The molecule has 0 amide bonds. The van der Waals surface area contributed by atoms with Crippen molar-refractivity contribution in [3.05, 3.63) is 56.7 Å². The van der Waals surface area contributed by atoms with Crippen LogP contribution in [0.5, 0.6) is 5.75 Å². The van der Waals surface area contributed by atoms with Crippen LogP contribution < -0.4 is 10.5 Å². The Morgan fingerprint density at radius 1 is 1.11 bits per heavy atom. The maximum atomic E-state index is 13.1. The van der Waals surface area contributed by atoms with Gasteiger partial charge in [-0.15, -0.1) is 0 Å². The van der Waals surface area contributed by atoms with Crippen molar-refractivity contribution >= 4 is 37.5 Å². The monoisotopic (exact) mass is 373 g/mol. The lowest BCUT2D eigenvalue weighted by molar-refractivity contribution is 0.305. The van der Waals surface area contributed by atoms with Gasteiger partial charge in [0.15, 0.2) is 0 Å². The Kier molecular flexibility index (Phi) is 4.24. The molecule has 2 aromatic rings. The van der Waals surface area contributed by atoms with E-state index in [0.29, 0.717) is 22.5 Å². The number of hydrogen-bond donors (Lipinski definition) is 1. The number of halogens is 3. The quantitative estimate of drug-likeness (QED) is 0.802. The molecule has 0 saturated heterocycles. The first kappa shape index (κ1) is 13.4. The zero-order valence-corrected chi connectivity index (χ0v) is 12.5. The molecule has 0 spiro atoms. The molecule has 0 aliphatic carbocycles. The molecule has 0 heterocycles. The van der Waals surface area contributed by atoms with E-state index in [1.807, 2.05) is 18.2 Å². The van der Waals surface area contributed by atoms with Crippen molar-refractivity contribution in [3.8, 4) is 5.75 Å². The molecule has 2 aromatic carbocycles. The molecule has 0 aromatic heterocycles. The van der Waals surface area contributed by atoms with Crippen molar-refractivity contribution in [1.29, 1.82) is 0 Å². The van der Waals surface area contributed by atoms with E-state index < -0.39 is 0 Å². The summed E-state index contributed by atoms with van der Waals surface area (Å²) >= 11 is 6.53. The number of anilines is 1. The van der Waals surface area contributed by atoms with E-state index in [9.17, 15) is 4.39 Å². The topological polar surface area (TPSA) is 35.2 Å². The summed E-state index contributed by atoms with van der Waals surface area (Å²) in [5, 5.41) is 0. The molecule has 0 unspecified atom stereocenters. The van der Waals surface area contributed by atoms with Crippen molar-refractivity contribution in [2.75, 3.05) is 5.73 Å². The van der Waals surface area contributed by atoms with Crippen LogP contribution in [0.25, 0.3) is 0 Å². The highest BCUT2D eigenvalue weighted by Gasteiger charge is 2.06. The second-order valence-corrected chi connectivity index (χ2v) is 5.38. The molecule has 0 saturated carbocycles. The first-order valence-corrected chi connectivity index (χ1v) is 6.77. The number of hydrogen-bond acceptors (Lipinski definition) is 2. The predicted octanol–water partition coefficient (Wildman–Crippen LogP) is 4.51. The number of nitrogens with two attached hydrogens (primary N) is 1. The molecule has 94 valence electrons. The van der Waals surface area contributed by atoms with Crippen LogP contribution >= 0.6 is 31.9 Å². The fraction of sp³-hybridized carbons (Fsp3) is 0.0769. The minimum Gasteiger partial charge on any atom is -0.489 e. The molecule has 18 heavy (non-hydrogen) atoms. The molecule has 2 N–H and O–H groups in total. The van der Waals surface area contributed by atoms with Crippen molar-refractivity contribution in [2.45, 2.75) is 6.61 Å². The third-order valence-corrected chi connectivity index (χ3v) is 3.78. The van der Waals surface area contributed by atoms with Gasteiger partial charge < -0.3 is 10.5 Å². The standard InChI is InChI=1S/C13H10Br2FNO/c14-10-2-1-3-13(17)9(10)7-18-8-4-5-12(16)11(15)6-8/h1-6H,7,17H2. The summed E-state index contributed by atoms with van der Waals surface area (Å²) in [5.74, 6) is 0.265. The Morgan fingerprint density at radius 3 is 2.56 bits per heavy atom. The number of nitrogen functional groups attached to an aromatic ring is 1. The van der Waals surface area contributed by atoms with Gasteiger partial charge >= 0.3 is 0 Å². The van der Waals surface area contributed by atoms with Crippen molar-refractivity contribution in [2.24, 2.45) is 0 Å². The van der Waals surface area contributed by atoms with Crippen molar-refractivity contribution in [1.82, 2.24) is 0 Å². The average Bonchev–Trinajstić information content (AvgIpc) is 2.33. The lowest BCUT2D eigenvalue weighted by Crippen LogP contribution is -2.01. The summed E-state index contributed by atoms with van der Waals surface area (Å²) in [7, 11) is 0. The highest BCUT2D eigenvalue weighted by Crippen LogP contribution is 2.26. The van der Waals surface area contributed by atoms with Gasteiger partial charge in [0.25, 0.3) is 0 Å². The highest BCUT2D eigenvalue weighted by atomic mass is 79.9. The van der Waals surface area contributed by atoms with E-state index in [0.717, 1.165) is 10.0 Å². The first-order chi connectivity index (χ1) is 8.58. The predicted molar refractivity (Wildman–Crippen MR) is 77.0 cm³/mol. The zero-order valence-electron chi connectivity index (χ0n) is 9.29. The van der Waals surface area contributed by atoms with Gasteiger partial charge in [-0.3, -0.25) is 0 Å². The van der Waals surface area contributed by atoms with Crippen LogP contribution in [0, 0.1) is 5.82 Å². The maximum absolute atomic E-state index is 13.1. The minimum absolute atomic E-state index is 0.317. The van der Waals surface area contributed by atoms with E-state index in [2.05, 4.69) is 31.9 Å². The molecule has 0 radical (unpaired) electrons. The van der Waals surface area contributed by atoms with E-state index >= 15 is 0 Å². The summed E-state index contributed by atoms with van der Waals surface area (Å²) < 4.78 is 19.9. The summed E-state index contributed by atoms with van der Waals surface area (Å²) in [5.41, 5.74) is 7.39. The molecule has 5 heteroatoms. The van der Waals surface area contributed by atoms with Crippen LogP contribution in [-0.2, 0) is 6.61 Å². The number of rotatable bonds is 3. The normalized spacial score (nSPS) is 10.4. The Balaban J connectivity index is 2.14. The summed E-state index contributed by atoms with van der Waals surface area (Å²) in [6.45, 7) is 0.325. The number of ether oxygens (including phenoxy) is 1. The van der Waals surface area contributed by atoms with E-state index in [4.69, 9.17) is 10.5 Å². The van der Waals surface area contributed by atoms with Crippen LogP contribution in [0.1, 0.15) is 5.56 Å². The van der Waals surface area contributed by atoms with Gasteiger partial charge in [-0.2, -0.15) is 0 Å². The molecular formula is C13H10Br2FNO. The average molecular weight is 375 g/mol. The van der Waals surface area contributed by atoms with Gasteiger partial charge in [0.2, 0.25) is 0 Å². The van der Waals surface area contributed by atoms with Crippen LogP contribution in [0.4, 0.5) is 10.1 Å². The van der Waals surface area contributed by atoms with Gasteiger partial charge in [-0.25, -0.2) is 4.39 Å². The van der Waals surface area contributed by atoms with Gasteiger partial charge in [-0.05, 0) is 46.3 Å². The molecule has 0 atom stereocenters. The second kappa shape index (κ2) is 5.71. The lowest BCUT2D eigenvalue weighted by Gasteiger charge is -2.10. The summed E-state index contributed by atoms with van der Waals surface area (Å²) in [6, 6.07) is 10.1. The molecule has 0 aliphatic rings. The molecule has 0 bridgehead atoms. The minimum atomic E-state index is -0.317. The fourth-order valence-corrected chi connectivity index (χ4v) is 2.30. The van der Waals surface area contributed by atoms with Crippen LogP contribution in [0.2, 0.25) is 0 Å². The van der Waals surface area contributed by atoms with E-state index in [1.165, 1.54) is 6.07 Å². The first-order valence-electron chi connectivity index (χ1n) is 5.18. The Hall–Kier alpha value is -1.07. The van der Waals surface area contributed by atoms with E-state index in [1.54, 1.807) is 12.1 Å². The van der Waals surface area contributed by atoms with Crippen molar-refractivity contribution in [3.63, 3.8) is 0 Å². The number of benzene rings is 2. The smallest absolute Gasteiger partial charge is 0.137 e. The van der Waals surface area contributed by atoms with E-state index in [-0.39, 0.29) is 5.82 Å². The summed E-state index contributed by atoms with van der Waals surface area (Å²) in [6.07, 6.45) is 0. The van der Waals surface area contributed by atoms with Gasteiger partial charge in [0.05, 0.1) is 4.47 Å². The third-order valence-electron chi connectivity index (χ3n) is 2.43. The second-order valence-electron chi connectivity index (χ2n) is 3.67. The van der Waals surface area contributed by atoms with Crippen LogP contribution in [-0.4, -0.2) is 0 Å². The van der Waals surface area contributed by atoms with Gasteiger partial charge in [0, 0.05) is 15.7 Å². The van der Waals surface area contributed by atoms with Crippen LogP contribution in [0.15, 0.2) is 45.3 Å². The molecule has 0 aliphatic heterocycles. The Bertz CT molecular complexity index is 555. The summed E-state index contributed by atoms with van der Waals surface area (Å²) in [4.78, 5) is 0. The van der Waals surface area contributed by atoms with Crippen LogP contribution in [0.3, 0.4) is 0 Å². The molecular weight excluding hydrogens is 365 g/mol. The third kappa shape index (κ3) is 3.03.